The molecule has 2 aromatic rings. The van der Waals surface area contributed by atoms with E-state index < -0.39 is 16.0 Å². The van der Waals surface area contributed by atoms with Gasteiger partial charge in [-0.25, -0.2) is 13.2 Å². The number of nitrogens with zero attached hydrogens (tertiary/aromatic N) is 2. The van der Waals surface area contributed by atoms with Crippen LogP contribution in [0.1, 0.15) is 16.1 Å². The number of carbonyl (C=O) groups is 1. The Morgan fingerprint density at radius 3 is 2.56 bits per heavy atom. The Morgan fingerprint density at radius 1 is 1.36 bits per heavy atom. The number of aromatic nitrogens is 1. The SMILES string of the molecule is COC(=O)c1c(N)c(C#N)cn1-c1ccc(OC)c(NS(C)(=O)=O)c1. The van der Waals surface area contributed by atoms with E-state index in [1.54, 1.807) is 6.07 Å². The van der Waals surface area contributed by atoms with E-state index in [1.807, 2.05) is 6.07 Å². The molecule has 0 fully saturated rings. The summed E-state index contributed by atoms with van der Waals surface area (Å²) in [4.78, 5) is 12.0. The molecular weight excluding hydrogens is 348 g/mol. The van der Waals surface area contributed by atoms with Gasteiger partial charge in [-0.05, 0) is 18.2 Å². The quantitative estimate of drug-likeness (QED) is 0.758. The number of benzene rings is 1. The first-order chi connectivity index (χ1) is 11.7. The molecule has 0 aliphatic rings. The zero-order valence-electron chi connectivity index (χ0n) is 13.7. The molecule has 0 amide bonds. The summed E-state index contributed by atoms with van der Waals surface area (Å²) in [5.41, 5.74) is 6.44. The van der Waals surface area contributed by atoms with E-state index in [1.165, 1.54) is 37.1 Å². The molecule has 9 nitrogen and oxygen atoms in total. The highest BCUT2D eigenvalue weighted by atomic mass is 32.2. The lowest BCUT2D eigenvalue weighted by atomic mass is 10.2. The number of hydrogen-bond donors (Lipinski definition) is 2. The molecule has 0 aliphatic heterocycles. The first-order valence-electron chi connectivity index (χ1n) is 6.87. The van der Waals surface area contributed by atoms with Gasteiger partial charge >= 0.3 is 5.97 Å². The minimum absolute atomic E-state index is 0.0252. The normalized spacial score (nSPS) is 10.8. The lowest BCUT2D eigenvalue weighted by Gasteiger charge is -2.14. The fourth-order valence-electron chi connectivity index (χ4n) is 2.24. The molecule has 0 saturated heterocycles. The third-order valence-electron chi connectivity index (χ3n) is 3.30. The number of rotatable bonds is 5. The number of nitrogens with one attached hydrogen (secondary N) is 1. The van der Waals surface area contributed by atoms with Crippen molar-refractivity contribution in [2.75, 3.05) is 30.9 Å². The van der Waals surface area contributed by atoms with Crippen LogP contribution in [0.4, 0.5) is 11.4 Å². The molecule has 3 N–H and O–H groups in total. The van der Waals surface area contributed by atoms with Gasteiger partial charge in [0.25, 0.3) is 0 Å². The van der Waals surface area contributed by atoms with Gasteiger partial charge in [0, 0.05) is 11.9 Å². The molecule has 10 heteroatoms. The maximum absolute atomic E-state index is 12.0. The number of nitriles is 1. The van der Waals surface area contributed by atoms with Gasteiger partial charge in [-0.1, -0.05) is 0 Å². The van der Waals surface area contributed by atoms with Crippen molar-refractivity contribution in [3.05, 3.63) is 35.7 Å². The van der Waals surface area contributed by atoms with Crippen molar-refractivity contribution in [2.45, 2.75) is 0 Å². The van der Waals surface area contributed by atoms with Gasteiger partial charge in [0.05, 0.1) is 37.4 Å². The molecule has 1 aromatic carbocycles. The molecule has 0 radical (unpaired) electrons. The second kappa shape index (κ2) is 6.74. The molecule has 25 heavy (non-hydrogen) atoms. The van der Waals surface area contributed by atoms with E-state index in [-0.39, 0.29) is 28.4 Å². The maximum Gasteiger partial charge on any atom is 0.357 e. The van der Waals surface area contributed by atoms with Gasteiger partial charge in [0.2, 0.25) is 10.0 Å². The molecule has 0 aliphatic carbocycles. The van der Waals surface area contributed by atoms with Crippen molar-refractivity contribution in [3.8, 4) is 17.5 Å². The number of hydrogen-bond acceptors (Lipinski definition) is 7. The largest absolute Gasteiger partial charge is 0.495 e. The van der Waals surface area contributed by atoms with Crippen molar-refractivity contribution in [2.24, 2.45) is 0 Å². The molecule has 2 rings (SSSR count). The fourth-order valence-corrected chi connectivity index (χ4v) is 2.80. The van der Waals surface area contributed by atoms with Crippen molar-refractivity contribution >= 4 is 27.4 Å². The van der Waals surface area contributed by atoms with Gasteiger partial charge in [-0.2, -0.15) is 5.26 Å². The standard InChI is InChI=1S/C15H16N4O5S/c1-23-12-5-4-10(6-11(12)18-25(3,21)22)19-8-9(7-16)13(17)14(19)15(20)24-2/h4-6,8,18H,17H2,1-3H3. The predicted molar refractivity (Wildman–Crippen MR) is 91.3 cm³/mol. The number of esters is 1. The summed E-state index contributed by atoms with van der Waals surface area (Å²) in [7, 11) is -0.972. The summed E-state index contributed by atoms with van der Waals surface area (Å²) in [6.07, 6.45) is 2.37. The van der Waals surface area contributed by atoms with Crippen LogP contribution in [-0.4, -0.2) is 39.4 Å². The third kappa shape index (κ3) is 3.67. The van der Waals surface area contributed by atoms with Crippen LogP contribution in [0.2, 0.25) is 0 Å². The zero-order chi connectivity index (χ0) is 18.8. The lowest BCUT2D eigenvalue weighted by molar-refractivity contribution is 0.0593. The van der Waals surface area contributed by atoms with E-state index in [0.29, 0.717) is 5.69 Å². The van der Waals surface area contributed by atoms with Crippen LogP contribution in [0.3, 0.4) is 0 Å². The zero-order valence-corrected chi connectivity index (χ0v) is 14.5. The van der Waals surface area contributed by atoms with Crippen LogP contribution in [0.5, 0.6) is 5.75 Å². The van der Waals surface area contributed by atoms with Crippen molar-refractivity contribution in [1.29, 1.82) is 5.26 Å². The minimum atomic E-state index is -3.56. The van der Waals surface area contributed by atoms with Gasteiger partial charge < -0.3 is 19.8 Å². The smallest absolute Gasteiger partial charge is 0.357 e. The number of nitrogen functional groups attached to an aromatic ring is 1. The second-order valence-corrected chi connectivity index (χ2v) is 6.79. The Bertz CT molecular complexity index is 973. The second-order valence-electron chi connectivity index (χ2n) is 5.04. The first-order valence-corrected chi connectivity index (χ1v) is 8.76. The highest BCUT2D eigenvalue weighted by Crippen LogP contribution is 2.31. The van der Waals surface area contributed by atoms with Crippen LogP contribution in [0.15, 0.2) is 24.4 Å². The molecule has 1 aromatic heterocycles. The third-order valence-corrected chi connectivity index (χ3v) is 3.89. The molecule has 0 saturated carbocycles. The topological polar surface area (TPSA) is 136 Å². The van der Waals surface area contributed by atoms with Crippen molar-refractivity contribution in [1.82, 2.24) is 4.57 Å². The Hall–Kier alpha value is -3.19. The number of carbonyl (C=O) groups excluding carboxylic acids is 1. The molecule has 0 unspecified atom stereocenters. The highest BCUT2D eigenvalue weighted by Gasteiger charge is 2.22. The summed E-state index contributed by atoms with van der Waals surface area (Å²) >= 11 is 0. The van der Waals surface area contributed by atoms with E-state index in [0.717, 1.165) is 6.26 Å². The molecule has 0 spiro atoms. The van der Waals surface area contributed by atoms with Crippen molar-refractivity contribution < 1.29 is 22.7 Å². The van der Waals surface area contributed by atoms with Crippen molar-refractivity contribution in [3.63, 3.8) is 0 Å². The van der Waals surface area contributed by atoms with E-state index >= 15 is 0 Å². The highest BCUT2D eigenvalue weighted by molar-refractivity contribution is 7.92. The average Bonchev–Trinajstić information content (AvgIpc) is 2.89. The monoisotopic (exact) mass is 364 g/mol. The Labute approximate surface area is 144 Å². The van der Waals surface area contributed by atoms with Crippen LogP contribution >= 0.6 is 0 Å². The molecule has 132 valence electrons. The summed E-state index contributed by atoms with van der Waals surface area (Å²) in [6.45, 7) is 0. The van der Waals surface area contributed by atoms with E-state index in [9.17, 15) is 13.2 Å². The number of ether oxygens (including phenoxy) is 2. The van der Waals surface area contributed by atoms with Gasteiger partial charge in [0.1, 0.15) is 11.8 Å². The Balaban J connectivity index is 2.69. The maximum atomic E-state index is 12.0. The molecular formula is C15H16N4O5S. The number of anilines is 2. The minimum Gasteiger partial charge on any atom is -0.495 e. The lowest BCUT2D eigenvalue weighted by Crippen LogP contribution is -2.13. The predicted octanol–water partition coefficient (Wildman–Crippen LogP) is 1.10. The van der Waals surface area contributed by atoms with Gasteiger partial charge in [0.15, 0.2) is 5.69 Å². The Kier molecular flexibility index (Phi) is 4.89. The van der Waals surface area contributed by atoms with Crippen LogP contribution in [0.25, 0.3) is 5.69 Å². The van der Waals surface area contributed by atoms with Crippen LogP contribution in [-0.2, 0) is 14.8 Å². The Morgan fingerprint density at radius 2 is 2.04 bits per heavy atom. The summed E-state index contributed by atoms with van der Waals surface area (Å²) < 4.78 is 36.6. The van der Waals surface area contributed by atoms with Crippen LogP contribution < -0.4 is 15.2 Å². The number of nitrogens with two attached hydrogens (primary N) is 1. The number of methoxy groups -OCH3 is 2. The molecule has 0 bridgehead atoms. The van der Waals surface area contributed by atoms with E-state index in [2.05, 4.69) is 4.72 Å². The summed E-state index contributed by atoms with van der Waals surface area (Å²) in [5, 5.41) is 9.14. The van der Waals surface area contributed by atoms with E-state index in [4.69, 9.17) is 20.5 Å². The summed E-state index contributed by atoms with van der Waals surface area (Å²) in [6, 6.07) is 6.44. The first kappa shape index (κ1) is 18.2. The van der Waals surface area contributed by atoms with Gasteiger partial charge in [-0.3, -0.25) is 4.72 Å². The number of sulfonamides is 1. The average molecular weight is 364 g/mol. The fraction of sp³-hybridized carbons (Fsp3) is 0.200. The summed E-state index contributed by atoms with van der Waals surface area (Å²) in [5.74, 6) is -0.443. The molecule has 0 atom stereocenters. The van der Waals surface area contributed by atoms with Gasteiger partial charge in [-0.15, -0.1) is 0 Å². The van der Waals surface area contributed by atoms with Crippen LogP contribution in [0, 0.1) is 11.3 Å². The molecule has 1 heterocycles.